The molecule has 1 aliphatic carbocycles. The summed E-state index contributed by atoms with van der Waals surface area (Å²) in [5.41, 5.74) is 1.35. The Morgan fingerprint density at radius 2 is 1.71 bits per heavy atom. The minimum absolute atomic E-state index is 0.0468. The summed E-state index contributed by atoms with van der Waals surface area (Å²) in [5.74, 6) is -0.182. The molecule has 1 aromatic heterocycles. The number of rotatable bonds is 8. The Kier molecular flexibility index (Phi) is 6.31. The topological polar surface area (TPSA) is 81.5 Å². The van der Waals surface area contributed by atoms with E-state index in [0.29, 0.717) is 23.3 Å². The molecule has 1 aliphatic rings. The second kappa shape index (κ2) is 9.70. The van der Waals surface area contributed by atoms with Crippen LogP contribution in [0.2, 0.25) is 0 Å². The molecule has 0 aliphatic heterocycles. The van der Waals surface area contributed by atoms with E-state index in [9.17, 15) is 14.4 Å². The highest BCUT2D eigenvalue weighted by molar-refractivity contribution is 6.04. The van der Waals surface area contributed by atoms with Gasteiger partial charge in [-0.25, -0.2) is 4.98 Å². The molecule has 0 spiro atoms. The van der Waals surface area contributed by atoms with Crippen LogP contribution in [0, 0.1) is 0 Å². The van der Waals surface area contributed by atoms with Crippen molar-refractivity contribution in [1.82, 2.24) is 9.55 Å². The molecule has 5 rings (SSSR count). The van der Waals surface area contributed by atoms with Crippen molar-refractivity contribution in [2.75, 3.05) is 18.1 Å². The van der Waals surface area contributed by atoms with Crippen LogP contribution in [0.25, 0.3) is 21.7 Å². The van der Waals surface area contributed by atoms with Gasteiger partial charge in [-0.3, -0.25) is 19.0 Å². The first kappa shape index (κ1) is 22.8. The summed E-state index contributed by atoms with van der Waals surface area (Å²) in [6.07, 6.45) is 2.20. The average molecular weight is 470 g/mol. The van der Waals surface area contributed by atoms with Crippen LogP contribution in [0.5, 0.6) is 0 Å². The average Bonchev–Trinajstić information content (AvgIpc) is 3.72. The number of hydrogen-bond acceptors (Lipinski definition) is 5. The molecule has 178 valence electrons. The smallest absolute Gasteiger partial charge is 0.306 e. The van der Waals surface area contributed by atoms with Gasteiger partial charge in [0, 0.05) is 24.4 Å². The standard InChI is InChI=1S/C28H27N3O4/c1-2-30(24-13-7-9-19-8-3-4-10-21(19)24)26(32)18-35-27(33)17-16-25-29-23-12-6-5-11-22(23)28(34)31(25)20-14-15-20/h3-13,20H,2,14-18H2,1H3. The summed E-state index contributed by atoms with van der Waals surface area (Å²) in [7, 11) is 0. The number of fused-ring (bicyclic) bond motifs is 2. The summed E-state index contributed by atoms with van der Waals surface area (Å²) in [4.78, 5) is 44.7. The van der Waals surface area contributed by atoms with Gasteiger partial charge in [-0.15, -0.1) is 0 Å². The SMILES string of the molecule is CCN(C(=O)COC(=O)CCc1nc2ccccc2c(=O)n1C1CC1)c1cccc2ccccc12. The van der Waals surface area contributed by atoms with Gasteiger partial charge in [0.2, 0.25) is 0 Å². The van der Waals surface area contributed by atoms with Crippen LogP contribution in [-0.4, -0.2) is 34.6 Å². The maximum atomic E-state index is 13.0. The third-order valence-corrected chi connectivity index (χ3v) is 6.38. The molecule has 4 aromatic rings. The summed E-state index contributed by atoms with van der Waals surface area (Å²) in [5, 5.41) is 2.60. The van der Waals surface area contributed by atoms with E-state index < -0.39 is 5.97 Å². The number of para-hydroxylation sites is 1. The number of anilines is 1. The number of aryl methyl sites for hydroxylation is 1. The first-order valence-electron chi connectivity index (χ1n) is 12.0. The number of ether oxygens (including phenoxy) is 1. The van der Waals surface area contributed by atoms with Crippen LogP contribution in [0.3, 0.4) is 0 Å². The highest BCUT2D eigenvalue weighted by Gasteiger charge is 2.28. The second-order valence-corrected chi connectivity index (χ2v) is 8.75. The van der Waals surface area contributed by atoms with Crippen molar-refractivity contribution in [3.05, 3.63) is 82.9 Å². The zero-order chi connectivity index (χ0) is 24.4. The monoisotopic (exact) mass is 469 g/mol. The van der Waals surface area contributed by atoms with Gasteiger partial charge < -0.3 is 9.64 Å². The first-order chi connectivity index (χ1) is 17.1. The zero-order valence-electron chi connectivity index (χ0n) is 19.6. The molecule has 0 bridgehead atoms. The third kappa shape index (κ3) is 4.67. The largest absolute Gasteiger partial charge is 0.456 e. The van der Waals surface area contributed by atoms with E-state index in [2.05, 4.69) is 4.98 Å². The summed E-state index contributed by atoms with van der Waals surface area (Å²) in [6.45, 7) is 2.01. The fraction of sp³-hybridized carbons (Fsp3) is 0.286. The van der Waals surface area contributed by atoms with Crippen molar-refractivity contribution in [3.63, 3.8) is 0 Å². The minimum Gasteiger partial charge on any atom is -0.456 e. The second-order valence-electron chi connectivity index (χ2n) is 8.75. The zero-order valence-corrected chi connectivity index (χ0v) is 19.6. The van der Waals surface area contributed by atoms with Gasteiger partial charge in [0.15, 0.2) is 6.61 Å². The van der Waals surface area contributed by atoms with E-state index in [1.165, 1.54) is 0 Å². The lowest BCUT2D eigenvalue weighted by Gasteiger charge is -2.22. The lowest BCUT2D eigenvalue weighted by molar-refractivity contribution is -0.147. The van der Waals surface area contributed by atoms with Crippen molar-refractivity contribution in [2.24, 2.45) is 0 Å². The molecule has 0 atom stereocenters. The highest BCUT2D eigenvalue weighted by Crippen LogP contribution is 2.35. The molecule has 7 heteroatoms. The molecule has 1 heterocycles. The number of amides is 1. The molecule has 3 aromatic carbocycles. The molecule has 1 saturated carbocycles. The van der Waals surface area contributed by atoms with Gasteiger partial charge in [0.25, 0.3) is 11.5 Å². The van der Waals surface area contributed by atoms with Crippen LogP contribution in [0.15, 0.2) is 71.5 Å². The Morgan fingerprint density at radius 3 is 2.49 bits per heavy atom. The molecule has 7 nitrogen and oxygen atoms in total. The number of benzene rings is 3. The highest BCUT2D eigenvalue weighted by atomic mass is 16.5. The van der Waals surface area contributed by atoms with E-state index in [1.807, 2.05) is 61.5 Å². The van der Waals surface area contributed by atoms with E-state index in [0.717, 1.165) is 29.3 Å². The molecule has 0 saturated heterocycles. The Labute approximate surface area is 203 Å². The Hall–Kier alpha value is -4.00. The maximum absolute atomic E-state index is 13.0. The minimum atomic E-state index is -0.489. The molecule has 0 radical (unpaired) electrons. The maximum Gasteiger partial charge on any atom is 0.306 e. The van der Waals surface area contributed by atoms with Crippen LogP contribution >= 0.6 is 0 Å². The van der Waals surface area contributed by atoms with Crippen molar-refractivity contribution in [1.29, 1.82) is 0 Å². The predicted molar refractivity (Wildman–Crippen MR) is 136 cm³/mol. The Bertz CT molecular complexity index is 1470. The van der Waals surface area contributed by atoms with Gasteiger partial charge in [-0.1, -0.05) is 48.5 Å². The van der Waals surface area contributed by atoms with Gasteiger partial charge in [-0.2, -0.15) is 0 Å². The Morgan fingerprint density at radius 1 is 1.00 bits per heavy atom. The lowest BCUT2D eigenvalue weighted by Crippen LogP contribution is -2.34. The van der Waals surface area contributed by atoms with Gasteiger partial charge >= 0.3 is 5.97 Å². The van der Waals surface area contributed by atoms with E-state index in [1.54, 1.807) is 21.6 Å². The normalized spacial score (nSPS) is 13.2. The van der Waals surface area contributed by atoms with Crippen LogP contribution in [-0.2, 0) is 20.7 Å². The summed E-state index contributed by atoms with van der Waals surface area (Å²) < 4.78 is 7.05. The van der Waals surface area contributed by atoms with Gasteiger partial charge in [0.1, 0.15) is 5.82 Å². The Balaban J connectivity index is 1.26. The fourth-order valence-electron chi connectivity index (χ4n) is 4.51. The predicted octanol–water partition coefficient (Wildman–Crippen LogP) is 4.41. The van der Waals surface area contributed by atoms with E-state index >= 15 is 0 Å². The molecular weight excluding hydrogens is 442 g/mol. The molecule has 35 heavy (non-hydrogen) atoms. The molecule has 1 amide bonds. The summed E-state index contributed by atoms with van der Waals surface area (Å²) in [6, 6.07) is 21.1. The molecule has 0 unspecified atom stereocenters. The van der Waals surface area contributed by atoms with Gasteiger partial charge in [0.05, 0.1) is 23.0 Å². The van der Waals surface area contributed by atoms with Crippen LogP contribution in [0.4, 0.5) is 5.69 Å². The number of likely N-dealkylation sites (N-methyl/N-ethyl adjacent to an activating group) is 1. The van der Waals surface area contributed by atoms with Crippen molar-refractivity contribution in [2.45, 2.75) is 38.6 Å². The summed E-state index contributed by atoms with van der Waals surface area (Å²) >= 11 is 0. The third-order valence-electron chi connectivity index (χ3n) is 6.38. The van der Waals surface area contributed by atoms with E-state index in [4.69, 9.17) is 4.74 Å². The molecule has 0 N–H and O–H groups in total. The van der Waals surface area contributed by atoms with Crippen LogP contribution in [0.1, 0.15) is 38.1 Å². The number of carbonyl (C=O) groups is 2. The number of hydrogen-bond donors (Lipinski definition) is 0. The first-order valence-corrected chi connectivity index (χ1v) is 12.0. The van der Waals surface area contributed by atoms with E-state index in [-0.39, 0.29) is 37.0 Å². The van der Waals surface area contributed by atoms with Crippen molar-refractivity contribution in [3.8, 4) is 0 Å². The van der Waals surface area contributed by atoms with Crippen LogP contribution < -0.4 is 10.5 Å². The van der Waals surface area contributed by atoms with Crippen molar-refractivity contribution >= 4 is 39.2 Å². The lowest BCUT2D eigenvalue weighted by atomic mass is 10.1. The number of nitrogens with zero attached hydrogens (tertiary/aromatic N) is 3. The molecular formula is C28H27N3O4. The van der Waals surface area contributed by atoms with Gasteiger partial charge in [-0.05, 0) is 43.4 Å². The number of aromatic nitrogens is 2. The fourth-order valence-corrected chi connectivity index (χ4v) is 4.51. The number of esters is 1. The quantitative estimate of drug-likeness (QED) is 0.357. The number of carbonyl (C=O) groups excluding carboxylic acids is 2. The molecule has 1 fully saturated rings. The van der Waals surface area contributed by atoms with Crippen molar-refractivity contribution < 1.29 is 14.3 Å².